The predicted octanol–water partition coefficient (Wildman–Crippen LogP) is 2.50. The van der Waals surface area contributed by atoms with E-state index in [9.17, 15) is 27.2 Å². The number of ether oxygens (including phenoxy) is 1. The lowest BCUT2D eigenvalue weighted by molar-refractivity contribution is -0.170. The van der Waals surface area contributed by atoms with E-state index in [0.29, 0.717) is 18.5 Å². The molecule has 9 heteroatoms. The van der Waals surface area contributed by atoms with Gasteiger partial charge in [0.05, 0.1) is 13.1 Å². The average molecular weight is 374 g/mol. The molecule has 1 aromatic rings. The summed E-state index contributed by atoms with van der Waals surface area (Å²) in [7, 11) is 0. The molecule has 2 fully saturated rings. The average Bonchev–Trinajstić information content (AvgIpc) is 2.56. The van der Waals surface area contributed by atoms with Crippen LogP contribution in [0.5, 0.6) is 0 Å². The van der Waals surface area contributed by atoms with Gasteiger partial charge in [0, 0.05) is 12.2 Å². The number of alkyl halides is 3. The first-order valence-corrected chi connectivity index (χ1v) is 8.22. The fourth-order valence-corrected chi connectivity index (χ4v) is 3.44. The van der Waals surface area contributed by atoms with E-state index in [1.165, 1.54) is 23.1 Å². The summed E-state index contributed by atoms with van der Waals surface area (Å²) in [5.41, 5.74) is -0.587. The van der Waals surface area contributed by atoms with Crippen LogP contribution in [0.2, 0.25) is 0 Å². The van der Waals surface area contributed by atoms with Gasteiger partial charge in [-0.1, -0.05) is 6.07 Å². The molecule has 2 heterocycles. The number of carbonyl (C=O) groups is 2. The third-order valence-electron chi connectivity index (χ3n) is 4.61. The molecular weight excluding hydrogens is 356 g/mol. The van der Waals surface area contributed by atoms with Gasteiger partial charge in [0.1, 0.15) is 24.4 Å². The third-order valence-corrected chi connectivity index (χ3v) is 4.61. The van der Waals surface area contributed by atoms with Crippen LogP contribution in [0.1, 0.15) is 19.3 Å². The maximum Gasteiger partial charge on any atom is 0.397 e. The van der Waals surface area contributed by atoms with Gasteiger partial charge >= 0.3 is 6.18 Å². The van der Waals surface area contributed by atoms with Crippen LogP contribution in [0, 0.1) is 5.82 Å². The minimum Gasteiger partial charge on any atom is -0.361 e. The number of anilines is 1. The highest BCUT2D eigenvalue weighted by molar-refractivity contribution is 5.95. The van der Waals surface area contributed by atoms with E-state index < -0.39 is 29.9 Å². The molecule has 2 aliphatic heterocycles. The number of piperidine rings is 1. The van der Waals surface area contributed by atoms with E-state index >= 15 is 0 Å². The van der Waals surface area contributed by atoms with Crippen LogP contribution in [0.4, 0.5) is 23.2 Å². The number of amides is 2. The first-order valence-electron chi connectivity index (χ1n) is 8.22. The van der Waals surface area contributed by atoms with Gasteiger partial charge in [0.25, 0.3) is 5.91 Å². The molecule has 0 saturated carbocycles. The topological polar surface area (TPSA) is 49.9 Å². The van der Waals surface area contributed by atoms with Crippen LogP contribution >= 0.6 is 0 Å². The van der Waals surface area contributed by atoms with E-state index in [4.69, 9.17) is 4.74 Å². The molecule has 0 N–H and O–H groups in total. The molecule has 1 spiro atoms. The van der Waals surface area contributed by atoms with E-state index in [1.807, 2.05) is 0 Å². The zero-order chi connectivity index (χ0) is 18.9. The molecule has 2 saturated heterocycles. The molecule has 0 bridgehead atoms. The Bertz CT molecular complexity index is 709. The number of morpholine rings is 1. The Balaban J connectivity index is 1.76. The second kappa shape index (κ2) is 6.86. The van der Waals surface area contributed by atoms with Crippen LogP contribution in [-0.2, 0) is 14.3 Å². The van der Waals surface area contributed by atoms with Gasteiger partial charge in [0.15, 0.2) is 0 Å². The van der Waals surface area contributed by atoms with E-state index in [0.717, 1.165) is 4.90 Å². The molecule has 0 aromatic heterocycles. The van der Waals surface area contributed by atoms with Gasteiger partial charge in [-0.3, -0.25) is 9.59 Å². The van der Waals surface area contributed by atoms with Gasteiger partial charge in [-0.25, -0.2) is 4.39 Å². The largest absolute Gasteiger partial charge is 0.397 e. The van der Waals surface area contributed by atoms with Crippen molar-refractivity contribution in [3.63, 3.8) is 0 Å². The summed E-state index contributed by atoms with van der Waals surface area (Å²) >= 11 is 0. The number of rotatable bonds is 2. The summed E-state index contributed by atoms with van der Waals surface area (Å²) in [5, 5.41) is 0. The molecule has 0 aliphatic carbocycles. The fourth-order valence-electron chi connectivity index (χ4n) is 3.44. The molecule has 1 atom stereocenters. The summed E-state index contributed by atoms with van der Waals surface area (Å²) < 4.78 is 56.6. The Morgan fingerprint density at radius 2 is 2.04 bits per heavy atom. The highest BCUT2D eigenvalue weighted by atomic mass is 19.4. The first kappa shape index (κ1) is 18.6. The Morgan fingerprint density at radius 3 is 2.73 bits per heavy atom. The van der Waals surface area contributed by atoms with Crippen LogP contribution < -0.4 is 4.90 Å². The Morgan fingerprint density at radius 1 is 1.27 bits per heavy atom. The number of nitrogens with zero attached hydrogens (tertiary/aromatic N) is 2. The number of likely N-dealkylation sites (tertiary alicyclic amines) is 1. The Hall–Kier alpha value is -2.16. The van der Waals surface area contributed by atoms with E-state index in [1.54, 1.807) is 6.07 Å². The molecule has 142 valence electrons. The van der Waals surface area contributed by atoms with Gasteiger partial charge < -0.3 is 14.5 Å². The number of hydrogen-bond donors (Lipinski definition) is 0. The van der Waals surface area contributed by atoms with Crippen molar-refractivity contribution in [3.05, 3.63) is 30.1 Å². The summed E-state index contributed by atoms with van der Waals surface area (Å²) in [6.45, 7) is -0.0160. The standard InChI is InChI=1S/C17H18F4N2O3/c18-12-3-1-4-13(7-12)23-11-16(26-9-15(23)25)5-2-6-22(10-16)14(24)8-17(19,20)21/h1,3-4,7H,2,5-6,8-11H2. The van der Waals surface area contributed by atoms with Crippen molar-refractivity contribution in [2.24, 2.45) is 0 Å². The molecular formula is C17H18F4N2O3. The molecule has 2 amide bonds. The summed E-state index contributed by atoms with van der Waals surface area (Å²) in [4.78, 5) is 26.6. The molecule has 0 radical (unpaired) electrons. The molecule has 3 rings (SSSR count). The molecule has 26 heavy (non-hydrogen) atoms. The van der Waals surface area contributed by atoms with Crippen molar-refractivity contribution in [2.45, 2.75) is 31.0 Å². The first-order chi connectivity index (χ1) is 12.2. The fraction of sp³-hybridized carbons (Fsp3) is 0.529. The van der Waals surface area contributed by atoms with Gasteiger partial charge in [0.2, 0.25) is 5.91 Å². The lowest BCUT2D eigenvalue weighted by Crippen LogP contribution is -2.62. The Labute approximate surface area is 147 Å². The van der Waals surface area contributed by atoms with E-state index in [2.05, 4.69) is 0 Å². The summed E-state index contributed by atoms with van der Waals surface area (Å²) in [6, 6.07) is 5.52. The van der Waals surface area contributed by atoms with Crippen LogP contribution in [-0.4, -0.2) is 54.7 Å². The highest BCUT2D eigenvalue weighted by Gasteiger charge is 2.45. The SMILES string of the molecule is O=C(CC(F)(F)F)N1CCCC2(C1)CN(c1cccc(F)c1)C(=O)CO2. The molecule has 5 nitrogen and oxygen atoms in total. The van der Waals surface area contributed by atoms with Gasteiger partial charge in [-0.15, -0.1) is 0 Å². The maximum atomic E-state index is 13.5. The van der Waals surface area contributed by atoms with Crippen LogP contribution in [0.15, 0.2) is 24.3 Å². The van der Waals surface area contributed by atoms with Crippen molar-refractivity contribution in [1.82, 2.24) is 4.90 Å². The summed E-state index contributed by atoms with van der Waals surface area (Å²) in [6.07, 6.45) is -5.12. The number of hydrogen-bond acceptors (Lipinski definition) is 3. The zero-order valence-electron chi connectivity index (χ0n) is 13.9. The quantitative estimate of drug-likeness (QED) is 0.748. The number of halogens is 4. The highest BCUT2D eigenvalue weighted by Crippen LogP contribution is 2.33. The van der Waals surface area contributed by atoms with Gasteiger partial charge in [-0.2, -0.15) is 13.2 Å². The van der Waals surface area contributed by atoms with Crippen molar-refractivity contribution < 1.29 is 31.9 Å². The zero-order valence-corrected chi connectivity index (χ0v) is 13.9. The minimum atomic E-state index is -4.57. The second-order valence-electron chi connectivity index (χ2n) is 6.64. The predicted molar refractivity (Wildman–Crippen MR) is 83.9 cm³/mol. The molecule has 1 unspecified atom stereocenters. The summed E-state index contributed by atoms with van der Waals surface area (Å²) in [5.74, 6) is -1.86. The second-order valence-corrected chi connectivity index (χ2v) is 6.64. The van der Waals surface area contributed by atoms with E-state index in [-0.39, 0.29) is 32.1 Å². The van der Waals surface area contributed by atoms with Crippen molar-refractivity contribution in [3.8, 4) is 0 Å². The monoisotopic (exact) mass is 374 g/mol. The van der Waals surface area contributed by atoms with Gasteiger partial charge in [-0.05, 0) is 31.0 Å². The number of benzene rings is 1. The van der Waals surface area contributed by atoms with Crippen molar-refractivity contribution in [1.29, 1.82) is 0 Å². The lowest BCUT2D eigenvalue weighted by atomic mass is 9.90. The van der Waals surface area contributed by atoms with Crippen molar-refractivity contribution >= 4 is 17.5 Å². The third kappa shape index (κ3) is 4.14. The normalized spacial score (nSPS) is 24.2. The maximum absolute atomic E-state index is 13.5. The number of carbonyl (C=O) groups excluding carboxylic acids is 2. The van der Waals surface area contributed by atoms with Crippen LogP contribution in [0.3, 0.4) is 0 Å². The molecule has 2 aliphatic rings. The Kier molecular flexibility index (Phi) is 4.92. The molecule has 1 aromatic carbocycles. The smallest absolute Gasteiger partial charge is 0.361 e. The van der Waals surface area contributed by atoms with Crippen molar-refractivity contribution in [2.75, 3.05) is 31.1 Å². The minimum absolute atomic E-state index is 0.0268. The van der Waals surface area contributed by atoms with Crippen LogP contribution in [0.25, 0.3) is 0 Å². The lowest BCUT2D eigenvalue weighted by Gasteiger charge is -2.47.